The normalized spacial score (nSPS) is 12.8. The number of benzene rings is 1. The molecule has 100 valence electrons. The van der Waals surface area contributed by atoms with Crippen molar-refractivity contribution in [3.8, 4) is 11.9 Å². The van der Waals surface area contributed by atoms with E-state index in [2.05, 4.69) is 11.1 Å². The van der Waals surface area contributed by atoms with E-state index in [-0.39, 0.29) is 0 Å². The molecule has 0 fully saturated rings. The Labute approximate surface area is 122 Å². The van der Waals surface area contributed by atoms with E-state index >= 15 is 0 Å². The van der Waals surface area contributed by atoms with Gasteiger partial charge in [-0.2, -0.15) is 5.26 Å². The zero-order valence-corrected chi connectivity index (χ0v) is 11.7. The van der Waals surface area contributed by atoms with Gasteiger partial charge >= 0.3 is 0 Å². The summed E-state index contributed by atoms with van der Waals surface area (Å²) in [5.74, 6) is 0.424. The number of halogens is 1. The highest BCUT2D eigenvalue weighted by atomic mass is 35.5. The average molecular weight is 285 g/mol. The van der Waals surface area contributed by atoms with Crippen molar-refractivity contribution in [2.24, 2.45) is 0 Å². The van der Waals surface area contributed by atoms with Crippen molar-refractivity contribution in [1.82, 2.24) is 4.98 Å². The number of nitrogens with zero attached hydrogens (tertiary/aromatic N) is 2. The van der Waals surface area contributed by atoms with Gasteiger partial charge in [0.25, 0.3) is 0 Å². The van der Waals surface area contributed by atoms with E-state index in [4.69, 9.17) is 16.3 Å². The highest BCUT2D eigenvalue weighted by Crippen LogP contribution is 2.26. The van der Waals surface area contributed by atoms with E-state index in [1.807, 2.05) is 30.3 Å². The Hall–Kier alpha value is -2.05. The Morgan fingerprint density at radius 3 is 3.00 bits per heavy atom. The lowest BCUT2D eigenvalue weighted by atomic mass is 10.1. The van der Waals surface area contributed by atoms with Crippen LogP contribution in [-0.4, -0.2) is 4.98 Å². The van der Waals surface area contributed by atoms with Gasteiger partial charge in [-0.25, -0.2) is 4.98 Å². The number of fused-ring (bicyclic) bond motifs is 1. The van der Waals surface area contributed by atoms with Gasteiger partial charge in [0.1, 0.15) is 18.2 Å². The Morgan fingerprint density at radius 2 is 2.20 bits per heavy atom. The molecule has 0 N–H and O–H groups in total. The lowest BCUT2D eigenvalue weighted by molar-refractivity contribution is 0.292. The molecule has 1 heterocycles. The molecule has 20 heavy (non-hydrogen) atoms. The number of rotatable bonds is 3. The summed E-state index contributed by atoms with van der Waals surface area (Å²) in [6.45, 7) is 0.362. The van der Waals surface area contributed by atoms with E-state index in [9.17, 15) is 5.26 Å². The summed E-state index contributed by atoms with van der Waals surface area (Å²) in [5, 5.41) is 9.87. The number of hydrogen-bond donors (Lipinski definition) is 0. The van der Waals surface area contributed by atoms with Crippen molar-refractivity contribution in [2.75, 3.05) is 0 Å². The minimum Gasteiger partial charge on any atom is -0.472 e. The molecule has 1 aromatic heterocycles. The van der Waals surface area contributed by atoms with Gasteiger partial charge in [0.05, 0.1) is 0 Å². The van der Waals surface area contributed by atoms with Crippen molar-refractivity contribution in [2.45, 2.75) is 25.9 Å². The largest absolute Gasteiger partial charge is 0.472 e. The summed E-state index contributed by atoms with van der Waals surface area (Å²) in [6.07, 6.45) is 3.07. The van der Waals surface area contributed by atoms with Gasteiger partial charge in [-0.15, -0.1) is 0 Å². The average Bonchev–Trinajstić information content (AvgIpc) is 2.91. The van der Waals surface area contributed by atoms with Gasteiger partial charge in [-0.3, -0.25) is 0 Å². The number of hydrogen-bond acceptors (Lipinski definition) is 3. The third-order valence-electron chi connectivity index (χ3n) is 3.40. The third kappa shape index (κ3) is 2.61. The van der Waals surface area contributed by atoms with Crippen LogP contribution in [0.4, 0.5) is 0 Å². The fourth-order valence-electron chi connectivity index (χ4n) is 2.42. The topological polar surface area (TPSA) is 45.9 Å². The molecule has 1 aromatic carbocycles. The summed E-state index contributed by atoms with van der Waals surface area (Å²) >= 11 is 5.94. The molecule has 2 aromatic rings. The predicted molar refractivity (Wildman–Crippen MR) is 76.8 cm³/mol. The van der Waals surface area contributed by atoms with Gasteiger partial charge in [0.2, 0.25) is 5.88 Å². The molecule has 1 aliphatic carbocycles. The molecule has 0 saturated heterocycles. The number of ether oxygens (including phenoxy) is 1. The molecule has 0 aliphatic heterocycles. The molecule has 1 aliphatic rings. The van der Waals surface area contributed by atoms with Crippen LogP contribution in [-0.2, 0) is 19.4 Å². The number of pyridine rings is 1. The van der Waals surface area contributed by atoms with E-state index in [1.54, 1.807) is 0 Å². The standard InChI is InChI=1S/C16H13ClN2O/c17-14-5-1-3-11(7-14)10-20-16-13(9-18)8-12-4-2-6-15(12)19-16/h1,3,5,7-8H,2,4,6,10H2. The van der Waals surface area contributed by atoms with E-state index in [0.717, 1.165) is 30.5 Å². The summed E-state index contributed by atoms with van der Waals surface area (Å²) < 4.78 is 5.70. The number of aromatic nitrogens is 1. The van der Waals surface area contributed by atoms with Crippen LogP contribution in [0.15, 0.2) is 30.3 Å². The van der Waals surface area contributed by atoms with Crippen LogP contribution >= 0.6 is 11.6 Å². The Bertz CT molecular complexity index is 691. The summed E-state index contributed by atoms with van der Waals surface area (Å²) in [4.78, 5) is 4.48. The number of nitriles is 1. The third-order valence-corrected chi connectivity index (χ3v) is 3.64. The SMILES string of the molecule is N#Cc1cc2c(nc1OCc1cccc(Cl)c1)CCC2. The summed E-state index contributed by atoms with van der Waals surface area (Å²) in [7, 11) is 0. The Kier molecular flexibility index (Phi) is 3.58. The zero-order chi connectivity index (χ0) is 13.9. The molecule has 0 atom stereocenters. The van der Waals surface area contributed by atoms with E-state index in [1.165, 1.54) is 5.56 Å². The monoisotopic (exact) mass is 284 g/mol. The summed E-state index contributed by atoms with van der Waals surface area (Å²) in [5.41, 5.74) is 3.71. The van der Waals surface area contributed by atoms with Crippen molar-refractivity contribution in [3.05, 3.63) is 57.7 Å². The predicted octanol–water partition coefficient (Wildman–Crippen LogP) is 3.67. The maximum Gasteiger partial charge on any atom is 0.232 e. The van der Waals surface area contributed by atoms with Gasteiger partial charge in [-0.1, -0.05) is 23.7 Å². The highest BCUT2D eigenvalue weighted by Gasteiger charge is 2.17. The van der Waals surface area contributed by atoms with Crippen molar-refractivity contribution < 1.29 is 4.74 Å². The number of aryl methyl sites for hydroxylation is 2. The minimum absolute atomic E-state index is 0.362. The molecule has 0 spiro atoms. The van der Waals surface area contributed by atoms with Crippen LogP contribution in [0, 0.1) is 11.3 Å². The van der Waals surface area contributed by atoms with Crippen LogP contribution in [0.1, 0.15) is 28.8 Å². The molecule has 0 radical (unpaired) electrons. The maximum absolute atomic E-state index is 9.20. The molecule has 0 amide bonds. The first-order chi connectivity index (χ1) is 9.76. The fraction of sp³-hybridized carbons (Fsp3) is 0.250. The molecule has 0 bridgehead atoms. The molecule has 3 rings (SSSR count). The van der Waals surface area contributed by atoms with Crippen LogP contribution in [0.25, 0.3) is 0 Å². The van der Waals surface area contributed by atoms with Crippen LogP contribution in [0.3, 0.4) is 0 Å². The second-order valence-corrected chi connectivity index (χ2v) is 5.27. The molecule has 4 heteroatoms. The summed E-state index contributed by atoms with van der Waals surface area (Å²) in [6, 6.07) is 11.5. The first-order valence-electron chi connectivity index (χ1n) is 6.56. The quantitative estimate of drug-likeness (QED) is 0.864. The van der Waals surface area contributed by atoms with Crippen molar-refractivity contribution >= 4 is 11.6 Å². The van der Waals surface area contributed by atoms with E-state index in [0.29, 0.717) is 23.1 Å². The second kappa shape index (κ2) is 5.52. The molecular formula is C16H13ClN2O. The van der Waals surface area contributed by atoms with Crippen LogP contribution < -0.4 is 4.74 Å². The first kappa shape index (κ1) is 13.0. The van der Waals surface area contributed by atoms with E-state index < -0.39 is 0 Å². The van der Waals surface area contributed by atoms with Crippen molar-refractivity contribution in [1.29, 1.82) is 5.26 Å². The molecule has 0 unspecified atom stereocenters. The lowest BCUT2D eigenvalue weighted by Crippen LogP contribution is -2.02. The van der Waals surface area contributed by atoms with Crippen LogP contribution in [0.2, 0.25) is 5.02 Å². The zero-order valence-electron chi connectivity index (χ0n) is 10.9. The molecule has 0 saturated carbocycles. The minimum atomic E-state index is 0.362. The second-order valence-electron chi connectivity index (χ2n) is 4.83. The van der Waals surface area contributed by atoms with Crippen molar-refractivity contribution in [3.63, 3.8) is 0 Å². The first-order valence-corrected chi connectivity index (χ1v) is 6.94. The Morgan fingerprint density at radius 1 is 1.30 bits per heavy atom. The molecule has 3 nitrogen and oxygen atoms in total. The Balaban J connectivity index is 1.82. The highest BCUT2D eigenvalue weighted by molar-refractivity contribution is 6.30. The van der Waals surface area contributed by atoms with Gasteiger partial charge < -0.3 is 4.74 Å². The maximum atomic E-state index is 9.20. The smallest absolute Gasteiger partial charge is 0.232 e. The lowest BCUT2D eigenvalue weighted by Gasteiger charge is -2.09. The van der Waals surface area contributed by atoms with Gasteiger partial charge in [0, 0.05) is 10.7 Å². The fourth-order valence-corrected chi connectivity index (χ4v) is 2.63. The van der Waals surface area contributed by atoms with Crippen LogP contribution in [0.5, 0.6) is 5.88 Å². The van der Waals surface area contributed by atoms with Gasteiger partial charge in [-0.05, 0) is 48.6 Å². The van der Waals surface area contributed by atoms with Gasteiger partial charge in [0.15, 0.2) is 0 Å². The molecular weight excluding hydrogens is 272 g/mol.